The normalized spacial score (nSPS) is 14.0. The number of hydrogen-bond acceptors (Lipinski definition) is 5. The highest BCUT2D eigenvalue weighted by Crippen LogP contribution is 2.32. The van der Waals surface area contributed by atoms with Crippen molar-refractivity contribution in [3.8, 4) is 11.5 Å². The molecule has 1 aromatic carbocycles. The Hall–Kier alpha value is -1.47. The predicted molar refractivity (Wildman–Crippen MR) is 82.6 cm³/mol. The molecule has 1 heterocycles. The smallest absolute Gasteiger partial charge is 0.232 e. The largest absolute Gasteiger partial charge is 0.486 e. The molecular formula is C14H22N2O4S. The van der Waals surface area contributed by atoms with E-state index in [9.17, 15) is 8.42 Å². The molecule has 1 aromatic rings. The summed E-state index contributed by atoms with van der Waals surface area (Å²) in [7, 11) is -3.33. The number of fused-ring (bicyclic) bond motifs is 1. The summed E-state index contributed by atoms with van der Waals surface area (Å²) in [5.41, 5.74) is 0.501. The maximum atomic E-state index is 12.0. The molecule has 0 amide bonds. The second-order valence-electron chi connectivity index (χ2n) is 4.88. The van der Waals surface area contributed by atoms with Crippen LogP contribution in [0, 0.1) is 0 Å². The number of ether oxygens (including phenoxy) is 2. The van der Waals surface area contributed by atoms with Crippen LogP contribution in [-0.4, -0.2) is 40.5 Å². The zero-order valence-electron chi connectivity index (χ0n) is 12.2. The van der Waals surface area contributed by atoms with Crippen molar-refractivity contribution in [1.82, 2.24) is 5.32 Å². The van der Waals surface area contributed by atoms with Gasteiger partial charge in [0.25, 0.3) is 0 Å². The van der Waals surface area contributed by atoms with E-state index in [1.807, 2.05) is 0 Å². The first-order valence-electron chi connectivity index (χ1n) is 7.21. The van der Waals surface area contributed by atoms with Gasteiger partial charge >= 0.3 is 0 Å². The third-order valence-electron chi connectivity index (χ3n) is 3.01. The molecule has 6 nitrogen and oxygen atoms in total. The fourth-order valence-electron chi connectivity index (χ4n) is 2.03. The van der Waals surface area contributed by atoms with Crippen LogP contribution in [0.15, 0.2) is 18.2 Å². The Kier molecular flexibility index (Phi) is 5.69. The maximum Gasteiger partial charge on any atom is 0.232 e. The fourth-order valence-corrected chi connectivity index (χ4v) is 3.14. The van der Waals surface area contributed by atoms with Crippen molar-refractivity contribution in [1.29, 1.82) is 0 Å². The lowest BCUT2D eigenvalue weighted by atomic mass is 10.3. The van der Waals surface area contributed by atoms with Gasteiger partial charge in [-0.1, -0.05) is 6.92 Å². The molecule has 1 aliphatic rings. The monoisotopic (exact) mass is 314 g/mol. The van der Waals surface area contributed by atoms with Crippen LogP contribution in [0.5, 0.6) is 11.5 Å². The molecule has 0 spiro atoms. The van der Waals surface area contributed by atoms with E-state index in [-0.39, 0.29) is 5.75 Å². The highest BCUT2D eigenvalue weighted by molar-refractivity contribution is 7.92. The van der Waals surface area contributed by atoms with Gasteiger partial charge in [0.15, 0.2) is 11.5 Å². The van der Waals surface area contributed by atoms with Crippen molar-refractivity contribution in [2.75, 3.05) is 36.8 Å². The Morgan fingerprint density at radius 2 is 1.90 bits per heavy atom. The van der Waals surface area contributed by atoms with E-state index < -0.39 is 10.0 Å². The number of hydrogen-bond donors (Lipinski definition) is 2. The molecule has 1 aliphatic heterocycles. The summed E-state index contributed by atoms with van der Waals surface area (Å²) in [5.74, 6) is 1.32. The third kappa shape index (κ3) is 5.09. The number of anilines is 1. The van der Waals surface area contributed by atoms with Crippen LogP contribution in [0.25, 0.3) is 0 Å². The van der Waals surface area contributed by atoms with Crippen molar-refractivity contribution < 1.29 is 17.9 Å². The molecule has 21 heavy (non-hydrogen) atoms. The minimum absolute atomic E-state index is 0.0954. The molecular weight excluding hydrogens is 292 g/mol. The Labute approximate surface area is 125 Å². The van der Waals surface area contributed by atoms with E-state index in [0.29, 0.717) is 43.4 Å². The molecule has 0 atom stereocenters. The first-order chi connectivity index (χ1) is 10.1. The molecule has 0 aliphatic carbocycles. The molecule has 2 rings (SSSR count). The summed E-state index contributed by atoms with van der Waals surface area (Å²) in [6.07, 6.45) is 1.63. The molecule has 118 valence electrons. The van der Waals surface area contributed by atoms with Gasteiger partial charge in [-0.15, -0.1) is 0 Å². The van der Waals surface area contributed by atoms with E-state index in [1.54, 1.807) is 18.2 Å². The second-order valence-corrected chi connectivity index (χ2v) is 6.72. The van der Waals surface area contributed by atoms with Gasteiger partial charge in [0.2, 0.25) is 10.0 Å². The first kappa shape index (κ1) is 15.9. The highest BCUT2D eigenvalue weighted by atomic mass is 32.2. The van der Waals surface area contributed by atoms with Crippen LogP contribution in [0.4, 0.5) is 5.69 Å². The lowest BCUT2D eigenvalue weighted by molar-refractivity contribution is 0.171. The van der Waals surface area contributed by atoms with Crippen LogP contribution in [0.2, 0.25) is 0 Å². The van der Waals surface area contributed by atoms with Gasteiger partial charge in [-0.3, -0.25) is 4.72 Å². The Morgan fingerprint density at radius 3 is 2.67 bits per heavy atom. The minimum atomic E-state index is -3.33. The molecule has 0 aromatic heterocycles. The molecule has 0 unspecified atom stereocenters. The molecule has 0 bridgehead atoms. The van der Waals surface area contributed by atoms with Crippen LogP contribution in [-0.2, 0) is 10.0 Å². The summed E-state index contributed by atoms with van der Waals surface area (Å²) >= 11 is 0. The second kappa shape index (κ2) is 7.51. The van der Waals surface area contributed by atoms with Crippen molar-refractivity contribution in [2.45, 2.75) is 19.8 Å². The molecule has 0 saturated carbocycles. The summed E-state index contributed by atoms with van der Waals surface area (Å²) < 4.78 is 37.4. The van der Waals surface area contributed by atoms with Crippen molar-refractivity contribution in [3.63, 3.8) is 0 Å². The average Bonchev–Trinajstić information content (AvgIpc) is 2.46. The summed E-state index contributed by atoms with van der Waals surface area (Å²) in [4.78, 5) is 0. The van der Waals surface area contributed by atoms with Gasteiger partial charge < -0.3 is 14.8 Å². The van der Waals surface area contributed by atoms with Crippen LogP contribution in [0.3, 0.4) is 0 Å². The molecule has 0 saturated heterocycles. The lowest BCUT2D eigenvalue weighted by Crippen LogP contribution is -2.22. The van der Waals surface area contributed by atoms with Gasteiger partial charge in [-0.25, -0.2) is 8.42 Å². The highest BCUT2D eigenvalue weighted by Gasteiger charge is 2.15. The topological polar surface area (TPSA) is 76.7 Å². The molecule has 0 fully saturated rings. The number of nitrogens with one attached hydrogen (secondary N) is 2. The van der Waals surface area contributed by atoms with Gasteiger partial charge in [0.1, 0.15) is 13.2 Å². The molecule has 0 radical (unpaired) electrons. The lowest BCUT2D eigenvalue weighted by Gasteiger charge is -2.19. The third-order valence-corrected chi connectivity index (χ3v) is 4.38. The Balaban J connectivity index is 1.87. The SMILES string of the molecule is CCCNCCCS(=O)(=O)Nc1ccc2c(c1)OCCO2. The Morgan fingerprint density at radius 1 is 1.14 bits per heavy atom. The number of sulfonamides is 1. The van der Waals surface area contributed by atoms with Gasteiger partial charge in [-0.2, -0.15) is 0 Å². The van der Waals surface area contributed by atoms with Crippen molar-refractivity contribution in [2.24, 2.45) is 0 Å². The number of benzene rings is 1. The van der Waals surface area contributed by atoms with Crippen LogP contribution in [0.1, 0.15) is 19.8 Å². The molecule has 7 heteroatoms. The Bertz CT molecular complexity index is 560. The first-order valence-corrected chi connectivity index (χ1v) is 8.87. The van der Waals surface area contributed by atoms with Crippen molar-refractivity contribution in [3.05, 3.63) is 18.2 Å². The standard InChI is InChI=1S/C14H22N2O4S/c1-2-6-15-7-3-10-21(17,18)16-12-4-5-13-14(11-12)20-9-8-19-13/h4-5,11,15-16H,2-3,6-10H2,1H3. The quantitative estimate of drug-likeness (QED) is 0.713. The summed E-state index contributed by atoms with van der Waals surface area (Å²) in [5, 5.41) is 3.18. The van der Waals surface area contributed by atoms with Gasteiger partial charge in [0, 0.05) is 6.07 Å². The van der Waals surface area contributed by atoms with E-state index in [4.69, 9.17) is 9.47 Å². The zero-order valence-corrected chi connectivity index (χ0v) is 13.0. The van der Waals surface area contributed by atoms with Gasteiger partial charge in [-0.05, 0) is 38.1 Å². The maximum absolute atomic E-state index is 12.0. The predicted octanol–water partition coefficient (Wildman–Crippen LogP) is 1.59. The average molecular weight is 314 g/mol. The van der Waals surface area contributed by atoms with Crippen molar-refractivity contribution >= 4 is 15.7 Å². The van der Waals surface area contributed by atoms with Crippen LogP contribution >= 0.6 is 0 Å². The van der Waals surface area contributed by atoms with Gasteiger partial charge in [0.05, 0.1) is 11.4 Å². The van der Waals surface area contributed by atoms with Crippen LogP contribution < -0.4 is 19.5 Å². The number of rotatable bonds is 8. The minimum Gasteiger partial charge on any atom is -0.486 e. The van der Waals surface area contributed by atoms with E-state index in [1.165, 1.54) is 0 Å². The fraction of sp³-hybridized carbons (Fsp3) is 0.571. The van der Waals surface area contributed by atoms with E-state index in [0.717, 1.165) is 13.0 Å². The zero-order chi connectivity index (χ0) is 15.1. The summed E-state index contributed by atoms with van der Waals surface area (Å²) in [6.45, 7) is 4.69. The van der Waals surface area contributed by atoms with E-state index in [2.05, 4.69) is 17.0 Å². The molecule has 2 N–H and O–H groups in total. The van der Waals surface area contributed by atoms with E-state index >= 15 is 0 Å². The summed E-state index contributed by atoms with van der Waals surface area (Å²) in [6, 6.07) is 5.05.